The van der Waals surface area contributed by atoms with Gasteiger partial charge in [0.1, 0.15) is 17.5 Å². The Bertz CT molecular complexity index is 1200. The van der Waals surface area contributed by atoms with Crippen LogP contribution in [-0.2, 0) is 32.0 Å². The molecular weight excluding hydrogens is 538 g/mol. The van der Waals surface area contributed by atoms with E-state index in [1.165, 1.54) is 24.3 Å². The molecule has 0 aromatic heterocycles. The van der Waals surface area contributed by atoms with Crippen LogP contribution in [-0.4, -0.2) is 63.4 Å². The summed E-state index contributed by atoms with van der Waals surface area (Å²) < 4.78 is 0. The van der Waals surface area contributed by atoms with Crippen LogP contribution in [0.2, 0.25) is 0 Å². The first-order valence-corrected chi connectivity index (χ1v) is 14.2. The average molecular weight is 584 g/mol. The van der Waals surface area contributed by atoms with Crippen molar-refractivity contribution in [1.29, 1.82) is 0 Å². The predicted molar refractivity (Wildman–Crippen MR) is 160 cm³/mol. The van der Waals surface area contributed by atoms with Crippen molar-refractivity contribution in [3.8, 4) is 11.5 Å². The topological polar surface area (TPSA) is 179 Å². The summed E-state index contributed by atoms with van der Waals surface area (Å²) >= 11 is 0. The highest BCUT2D eigenvalue weighted by Gasteiger charge is 2.34. The van der Waals surface area contributed by atoms with Crippen LogP contribution in [0.15, 0.2) is 48.5 Å². The smallest absolute Gasteiger partial charge is 0.245 e. The summed E-state index contributed by atoms with van der Waals surface area (Å²) in [5.74, 6) is -2.56. The van der Waals surface area contributed by atoms with Gasteiger partial charge in [0.15, 0.2) is 11.6 Å². The lowest BCUT2D eigenvalue weighted by Gasteiger charge is -2.28. The van der Waals surface area contributed by atoms with Crippen LogP contribution in [0.5, 0.6) is 11.5 Å². The fourth-order valence-corrected chi connectivity index (χ4v) is 4.55. The number of hydrogen-bond acceptors (Lipinski definition) is 8. The third-order valence-corrected chi connectivity index (χ3v) is 6.94. The number of nitrogens with one attached hydrogen (secondary N) is 2. The Morgan fingerprint density at radius 3 is 1.71 bits per heavy atom. The first kappa shape index (κ1) is 34.4. The molecule has 0 fully saturated rings. The molecule has 0 radical (unpaired) electrons. The Labute approximate surface area is 247 Å². The number of phenols is 2. The second-order valence-corrected chi connectivity index (χ2v) is 12.3. The van der Waals surface area contributed by atoms with Crippen molar-refractivity contribution >= 4 is 23.4 Å². The molecule has 230 valence electrons. The molecule has 42 heavy (non-hydrogen) atoms. The SMILES string of the molecule is CC(C)C[C@@H](NC(=O)[C@@H](CO)NC(=O)[C@H](CC(=O)[C@H](N)Cc1ccc(O)cc1)Cc1ccc(O)cc1)C(=O)C(C)(C)C. The van der Waals surface area contributed by atoms with Gasteiger partial charge in [-0.1, -0.05) is 58.9 Å². The van der Waals surface area contributed by atoms with E-state index in [1.54, 1.807) is 45.0 Å². The highest BCUT2D eigenvalue weighted by Crippen LogP contribution is 2.21. The summed E-state index contributed by atoms with van der Waals surface area (Å²) in [7, 11) is 0. The van der Waals surface area contributed by atoms with Crippen LogP contribution < -0.4 is 16.4 Å². The molecule has 0 bridgehead atoms. The van der Waals surface area contributed by atoms with Crippen molar-refractivity contribution in [1.82, 2.24) is 10.6 Å². The zero-order valence-electron chi connectivity index (χ0n) is 25.1. The molecule has 4 atom stereocenters. The van der Waals surface area contributed by atoms with E-state index in [2.05, 4.69) is 10.6 Å². The molecule has 0 saturated heterocycles. The Kier molecular flexibility index (Phi) is 12.7. The fraction of sp³-hybridized carbons (Fsp3) is 0.500. The molecule has 2 aromatic rings. The molecule has 0 aliphatic rings. The van der Waals surface area contributed by atoms with Crippen molar-refractivity contribution in [2.45, 2.75) is 78.4 Å². The highest BCUT2D eigenvalue weighted by molar-refractivity contribution is 5.96. The van der Waals surface area contributed by atoms with Crippen LogP contribution in [0, 0.1) is 17.3 Å². The number of benzene rings is 2. The second kappa shape index (κ2) is 15.5. The second-order valence-electron chi connectivity index (χ2n) is 12.3. The van der Waals surface area contributed by atoms with E-state index in [4.69, 9.17) is 5.73 Å². The van der Waals surface area contributed by atoms with E-state index in [1.807, 2.05) is 13.8 Å². The number of aliphatic hydroxyl groups is 1. The number of rotatable bonds is 15. The lowest BCUT2D eigenvalue weighted by molar-refractivity contribution is -0.136. The molecule has 2 aromatic carbocycles. The van der Waals surface area contributed by atoms with Crippen LogP contribution >= 0.6 is 0 Å². The number of carbonyl (C=O) groups is 4. The van der Waals surface area contributed by atoms with E-state index in [-0.39, 0.29) is 48.2 Å². The molecule has 7 N–H and O–H groups in total. The van der Waals surface area contributed by atoms with E-state index >= 15 is 0 Å². The summed E-state index contributed by atoms with van der Waals surface area (Å²) in [6.45, 7) is 8.43. The minimum absolute atomic E-state index is 0.0459. The third-order valence-electron chi connectivity index (χ3n) is 6.94. The first-order chi connectivity index (χ1) is 19.6. The Hall–Kier alpha value is -3.76. The number of nitrogens with two attached hydrogens (primary N) is 1. The maximum atomic E-state index is 13.5. The number of carbonyl (C=O) groups excluding carboxylic acids is 4. The number of aromatic hydroxyl groups is 2. The van der Waals surface area contributed by atoms with Crippen molar-refractivity contribution < 1.29 is 34.5 Å². The van der Waals surface area contributed by atoms with E-state index in [0.29, 0.717) is 12.0 Å². The molecule has 0 spiro atoms. The summed E-state index contributed by atoms with van der Waals surface area (Å²) in [5, 5.41) is 34.4. The average Bonchev–Trinajstić information content (AvgIpc) is 2.91. The number of phenolic OH excluding ortho intramolecular Hbond substituents is 2. The lowest BCUT2D eigenvalue weighted by Crippen LogP contribution is -2.55. The molecule has 0 aliphatic heterocycles. The van der Waals surface area contributed by atoms with Crippen LogP contribution in [0.3, 0.4) is 0 Å². The number of aliphatic hydroxyl groups excluding tert-OH is 1. The monoisotopic (exact) mass is 583 g/mol. The maximum absolute atomic E-state index is 13.5. The molecule has 0 unspecified atom stereocenters. The molecule has 10 heteroatoms. The predicted octanol–water partition coefficient (Wildman–Crippen LogP) is 2.41. The van der Waals surface area contributed by atoms with Gasteiger partial charge < -0.3 is 31.7 Å². The quantitative estimate of drug-likeness (QED) is 0.185. The zero-order valence-corrected chi connectivity index (χ0v) is 25.1. The van der Waals surface area contributed by atoms with E-state index in [9.17, 15) is 34.5 Å². The summed E-state index contributed by atoms with van der Waals surface area (Å²) in [6, 6.07) is 9.43. The van der Waals surface area contributed by atoms with Gasteiger partial charge in [-0.2, -0.15) is 0 Å². The Balaban J connectivity index is 2.21. The van der Waals surface area contributed by atoms with Crippen LogP contribution in [0.4, 0.5) is 0 Å². The maximum Gasteiger partial charge on any atom is 0.245 e. The summed E-state index contributed by atoms with van der Waals surface area (Å²) in [4.78, 5) is 52.7. The normalized spacial score (nSPS) is 14.5. The van der Waals surface area contributed by atoms with Gasteiger partial charge in [-0.3, -0.25) is 19.2 Å². The molecule has 0 heterocycles. The summed E-state index contributed by atoms with van der Waals surface area (Å²) in [5.41, 5.74) is 6.87. The van der Waals surface area contributed by atoms with Gasteiger partial charge >= 0.3 is 0 Å². The fourth-order valence-electron chi connectivity index (χ4n) is 4.55. The minimum atomic E-state index is -1.34. The van der Waals surface area contributed by atoms with Crippen molar-refractivity contribution in [3.05, 3.63) is 59.7 Å². The molecule has 10 nitrogen and oxygen atoms in total. The number of amides is 2. The Morgan fingerprint density at radius 2 is 1.26 bits per heavy atom. The van der Waals surface area contributed by atoms with E-state index < -0.39 is 47.9 Å². The largest absolute Gasteiger partial charge is 0.508 e. The molecule has 2 amide bonds. The van der Waals surface area contributed by atoms with Crippen LogP contribution in [0.1, 0.15) is 58.6 Å². The van der Waals surface area contributed by atoms with Crippen molar-refractivity contribution in [2.75, 3.05) is 6.61 Å². The standard InChI is InChI=1S/C32H45N3O7/c1-19(2)14-26(29(40)32(3,4)5)34-31(42)27(18-36)35-30(41)22(15-20-6-10-23(37)11-7-20)17-28(39)25(33)16-21-8-12-24(38)13-9-21/h6-13,19,22,25-27,36-38H,14-18,33H2,1-5H3,(H,34,42)(H,35,41)/t22-,25+,26+,27+/m0/s1. The molecule has 0 aliphatic carbocycles. The van der Waals surface area contributed by atoms with Gasteiger partial charge in [-0.05, 0) is 60.6 Å². The van der Waals surface area contributed by atoms with Crippen LogP contribution in [0.25, 0.3) is 0 Å². The highest BCUT2D eigenvalue weighted by atomic mass is 16.3. The summed E-state index contributed by atoms with van der Waals surface area (Å²) in [6.07, 6.45) is 0.477. The zero-order chi connectivity index (χ0) is 31.6. The van der Waals surface area contributed by atoms with Gasteiger partial charge in [0.05, 0.1) is 18.7 Å². The van der Waals surface area contributed by atoms with Crippen molar-refractivity contribution in [3.63, 3.8) is 0 Å². The Morgan fingerprint density at radius 1 is 0.786 bits per heavy atom. The minimum Gasteiger partial charge on any atom is -0.508 e. The number of ketones is 2. The van der Waals surface area contributed by atoms with Gasteiger partial charge in [0.25, 0.3) is 0 Å². The lowest BCUT2D eigenvalue weighted by atomic mass is 9.83. The molecule has 0 saturated carbocycles. The van der Waals surface area contributed by atoms with E-state index in [0.717, 1.165) is 5.56 Å². The first-order valence-electron chi connectivity index (χ1n) is 14.2. The van der Waals surface area contributed by atoms with Gasteiger partial charge in [-0.25, -0.2) is 0 Å². The number of Topliss-reactive ketones (excluding diaryl/α,β-unsaturated/α-hetero) is 2. The third kappa shape index (κ3) is 10.9. The number of hydrogen-bond donors (Lipinski definition) is 6. The van der Waals surface area contributed by atoms with Crippen molar-refractivity contribution in [2.24, 2.45) is 23.0 Å². The van der Waals surface area contributed by atoms with Gasteiger partial charge in [-0.15, -0.1) is 0 Å². The molecule has 2 rings (SSSR count). The van der Waals surface area contributed by atoms with Gasteiger partial charge in [0.2, 0.25) is 11.8 Å². The van der Waals surface area contributed by atoms with Gasteiger partial charge in [0, 0.05) is 17.8 Å². The molecular formula is C32H45N3O7.